The molecule has 88 valence electrons. The topological polar surface area (TPSA) is 73.8 Å². The van der Waals surface area contributed by atoms with Crippen LogP contribution in [-0.4, -0.2) is 14.9 Å². The van der Waals surface area contributed by atoms with E-state index in [0.29, 0.717) is 16.6 Å². The molecule has 0 fully saturated rings. The number of hydrogen-bond donors (Lipinski definition) is 1. The first-order valence-corrected chi connectivity index (χ1v) is 5.46. The van der Waals surface area contributed by atoms with Crippen LogP contribution in [0.25, 0.3) is 22.2 Å². The first-order chi connectivity index (χ1) is 8.77. The molecule has 0 radical (unpaired) electrons. The third kappa shape index (κ3) is 1.53. The van der Waals surface area contributed by atoms with Gasteiger partial charge < -0.3 is 5.84 Å². The van der Waals surface area contributed by atoms with E-state index in [0.717, 1.165) is 10.4 Å². The molecule has 0 saturated heterocycles. The van der Waals surface area contributed by atoms with Crippen LogP contribution < -0.4 is 11.4 Å². The lowest BCUT2D eigenvalue weighted by Crippen LogP contribution is -2.30. The van der Waals surface area contributed by atoms with Gasteiger partial charge in [0.05, 0.1) is 0 Å². The van der Waals surface area contributed by atoms with Crippen molar-refractivity contribution in [2.24, 2.45) is 0 Å². The Hall–Kier alpha value is -2.69. The summed E-state index contributed by atoms with van der Waals surface area (Å²) in [6, 6.07) is 13.2. The number of nitrogens with zero attached hydrogens (tertiary/aromatic N) is 3. The summed E-state index contributed by atoms with van der Waals surface area (Å²) in [4.78, 5) is 16.7. The predicted molar refractivity (Wildman–Crippen MR) is 69.4 cm³/mol. The highest BCUT2D eigenvalue weighted by Gasteiger charge is 2.11. The van der Waals surface area contributed by atoms with Gasteiger partial charge in [-0.2, -0.15) is 0 Å². The minimum atomic E-state index is -0.398. The Balaban J connectivity index is 2.44. The number of hydrogen-bond acceptors (Lipinski definition) is 4. The number of pyridine rings is 1. The Morgan fingerprint density at radius 3 is 2.61 bits per heavy atom. The summed E-state index contributed by atoms with van der Waals surface area (Å²) in [6.07, 6.45) is 1.57. The van der Waals surface area contributed by atoms with Gasteiger partial charge in [-0.25, -0.2) is 0 Å². The molecule has 3 rings (SSSR count). The molecule has 0 unspecified atom stereocenters. The molecule has 3 aromatic rings. The van der Waals surface area contributed by atoms with Gasteiger partial charge in [0.1, 0.15) is 11.2 Å². The van der Waals surface area contributed by atoms with Crippen molar-refractivity contribution < 1.29 is 0 Å². The van der Waals surface area contributed by atoms with Crippen LogP contribution in [0.1, 0.15) is 0 Å². The monoisotopic (exact) mass is 238 g/mol. The lowest BCUT2D eigenvalue weighted by atomic mass is 10.1. The lowest BCUT2D eigenvalue weighted by Gasteiger charge is -2.06. The van der Waals surface area contributed by atoms with E-state index in [2.05, 4.69) is 10.1 Å². The summed E-state index contributed by atoms with van der Waals surface area (Å²) < 4.78 is 0. The van der Waals surface area contributed by atoms with Gasteiger partial charge in [0.25, 0.3) is 0 Å². The first kappa shape index (κ1) is 10.5. The van der Waals surface area contributed by atoms with Crippen LogP contribution in [-0.2, 0) is 0 Å². The van der Waals surface area contributed by atoms with Crippen molar-refractivity contribution in [2.75, 3.05) is 5.84 Å². The summed E-state index contributed by atoms with van der Waals surface area (Å²) in [7, 11) is 0. The fourth-order valence-electron chi connectivity index (χ4n) is 1.89. The maximum atomic E-state index is 11.8. The predicted octanol–water partition coefficient (Wildman–Crippen LogP) is 1.17. The summed E-state index contributed by atoms with van der Waals surface area (Å²) in [5.74, 6) is 5.58. The molecule has 0 amide bonds. The van der Waals surface area contributed by atoms with Gasteiger partial charge in [0.2, 0.25) is 0 Å². The molecule has 0 atom stereocenters. The first-order valence-electron chi connectivity index (χ1n) is 5.46. The van der Waals surface area contributed by atoms with Crippen molar-refractivity contribution in [2.45, 2.75) is 0 Å². The third-order valence-corrected chi connectivity index (χ3v) is 2.73. The molecule has 0 bridgehead atoms. The number of nitrogen functional groups attached to an aromatic ring is 1. The second kappa shape index (κ2) is 3.96. The number of rotatable bonds is 1. The summed E-state index contributed by atoms with van der Waals surface area (Å²) >= 11 is 0. The molecule has 0 aliphatic carbocycles. The van der Waals surface area contributed by atoms with E-state index >= 15 is 0 Å². The van der Waals surface area contributed by atoms with E-state index in [-0.39, 0.29) is 0 Å². The van der Waals surface area contributed by atoms with Gasteiger partial charge >= 0.3 is 5.56 Å². The van der Waals surface area contributed by atoms with Gasteiger partial charge in [-0.3, -0.25) is 9.78 Å². The minimum Gasteiger partial charge on any atom is -0.319 e. The lowest BCUT2D eigenvalue weighted by molar-refractivity contribution is 0.778. The van der Waals surface area contributed by atoms with Crippen molar-refractivity contribution in [3.05, 3.63) is 59.0 Å². The SMILES string of the molecule is Nn1nc(-c2ccccc2)c2cccnc2c1=O. The molecule has 1 aromatic carbocycles. The van der Waals surface area contributed by atoms with Crippen LogP contribution in [0.4, 0.5) is 0 Å². The molecule has 0 spiro atoms. The zero-order valence-corrected chi connectivity index (χ0v) is 9.45. The van der Waals surface area contributed by atoms with E-state index in [9.17, 15) is 4.79 Å². The molecule has 0 aliphatic heterocycles. The maximum absolute atomic E-state index is 11.8. The second-order valence-electron chi connectivity index (χ2n) is 3.86. The zero-order chi connectivity index (χ0) is 12.5. The molecular formula is C13H10N4O. The molecule has 0 aliphatic rings. The molecule has 5 nitrogen and oxygen atoms in total. The standard InChI is InChI=1S/C13H10N4O/c14-17-13(18)12-10(7-4-8-15-12)11(16-17)9-5-2-1-3-6-9/h1-8H,14H2. The Kier molecular flexibility index (Phi) is 2.30. The Morgan fingerprint density at radius 2 is 1.83 bits per heavy atom. The van der Waals surface area contributed by atoms with Gasteiger partial charge in [-0.05, 0) is 12.1 Å². The molecule has 2 aromatic heterocycles. The summed E-state index contributed by atoms with van der Waals surface area (Å²) in [5, 5.41) is 4.82. The van der Waals surface area contributed by atoms with Crippen molar-refractivity contribution in [3.8, 4) is 11.3 Å². The van der Waals surface area contributed by atoms with Crippen LogP contribution in [0, 0.1) is 0 Å². The highest BCUT2D eigenvalue weighted by molar-refractivity contribution is 5.91. The smallest absolute Gasteiger partial charge is 0.312 e. The fourth-order valence-corrected chi connectivity index (χ4v) is 1.89. The van der Waals surface area contributed by atoms with Crippen LogP contribution in [0.15, 0.2) is 53.5 Å². The van der Waals surface area contributed by atoms with E-state index < -0.39 is 5.56 Å². The number of benzene rings is 1. The van der Waals surface area contributed by atoms with Crippen LogP contribution in [0.5, 0.6) is 0 Å². The highest BCUT2D eigenvalue weighted by Crippen LogP contribution is 2.22. The van der Waals surface area contributed by atoms with E-state index in [1.807, 2.05) is 36.4 Å². The van der Waals surface area contributed by atoms with Crippen LogP contribution >= 0.6 is 0 Å². The largest absolute Gasteiger partial charge is 0.319 e. The summed E-state index contributed by atoms with van der Waals surface area (Å²) in [5.41, 5.74) is 1.48. The average Bonchev–Trinajstić information content (AvgIpc) is 2.44. The van der Waals surface area contributed by atoms with Crippen molar-refractivity contribution in [1.29, 1.82) is 0 Å². The van der Waals surface area contributed by atoms with Crippen LogP contribution in [0.2, 0.25) is 0 Å². The number of aromatic nitrogens is 3. The van der Waals surface area contributed by atoms with Crippen LogP contribution in [0.3, 0.4) is 0 Å². The van der Waals surface area contributed by atoms with Crippen molar-refractivity contribution in [1.82, 2.24) is 14.9 Å². The summed E-state index contributed by atoms with van der Waals surface area (Å²) in [6.45, 7) is 0. The van der Waals surface area contributed by atoms with E-state index in [1.54, 1.807) is 12.3 Å². The van der Waals surface area contributed by atoms with Crippen molar-refractivity contribution >= 4 is 10.9 Å². The number of nitrogens with two attached hydrogens (primary N) is 1. The van der Waals surface area contributed by atoms with Crippen molar-refractivity contribution in [3.63, 3.8) is 0 Å². The molecule has 0 saturated carbocycles. The quantitative estimate of drug-likeness (QED) is 0.646. The van der Waals surface area contributed by atoms with Gasteiger partial charge in [0, 0.05) is 17.1 Å². The van der Waals surface area contributed by atoms with Gasteiger partial charge in [0.15, 0.2) is 0 Å². The molecular weight excluding hydrogens is 228 g/mol. The van der Waals surface area contributed by atoms with E-state index in [1.165, 1.54) is 0 Å². The Morgan fingerprint density at radius 1 is 1.06 bits per heavy atom. The molecule has 18 heavy (non-hydrogen) atoms. The van der Waals surface area contributed by atoms with Gasteiger partial charge in [-0.1, -0.05) is 30.3 Å². The second-order valence-corrected chi connectivity index (χ2v) is 3.86. The molecule has 2 N–H and O–H groups in total. The molecule has 5 heteroatoms. The molecule has 2 heterocycles. The van der Waals surface area contributed by atoms with Gasteiger partial charge in [-0.15, -0.1) is 9.89 Å². The minimum absolute atomic E-state index is 0.328. The average molecular weight is 238 g/mol. The number of fused-ring (bicyclic) bond motifs is 1. The highest BCUT2D eigenvalue weighted by atomic mass is 16.1. The van der Waals surface area contributed by atoms with E-state index in [4.69, 9.17) is 5.84 Å². The Bertz CT molecular complexity index is 765. The maximum Gasteiger partial charge on any atom is 0.312 e. The Labute approximate surface area is 102 Å². The normalized spacial score (nSPS) is 10.7. The third-order valence-electron chi connectivity index (χ3n) is 2.73. The fraction of sp³-hybridized carbons (Fsp3) is 0. The zero-order valence-electron chi connectivity index (χ0n) is 9.45.